The Morgan fingerprint density at radius 1 is 1.71 bits per heavy atom. The van der Waals surface area contributed by atoms with E-state index in [0.29, 0.717) is 0 Å². The lowest BCUT2D eigenvalue weighted by atomic mass is 10.2. The van der Waals surface area contributed by atoms with Crippen LogP contribution in [0.5, 0.6) is 0 Å². The van der Waals surface area contributed by atoms with Crippen LogP contribution >= 0.6 is 0 Å². The fourth-order valence-electron chi connectivity index (χ4n) is 1.74. The highest BCUT2D eigenvalue weighted by Crippen LogP contribution is 2.18. The third-order valence-corrected chi connectivity index (χ3v) is 2.49. The number of ether oxygens (including phenoxy) is 1. The Kier molecular flexibility index (Phi) is 2.49. The van der Waals surface area contributed by atoms with E-state index in [2.05, 4.69) is 15.2 Å². The van der Waals surface area contributed by atoms with Crippen molar-refractivity contribution in [3.05, 3.63) is 18.5 Å². The van der Waals surface area contributed by atoms with Crippen molar-refractivity contribution in [1.82, 2.24) is 15.1 Å². The van der Waals surface area contributed by atoms with Crippen molar-refractivity contribution in [2.45, 2.75) is 18.5 Å². The van der Waals surface area contributed by atoms with Crippen molar-refractivity contribution < 1.29 is 9.53 Å². The van der Waals surface area contributed by atoms with Gasteiger partial charge < -0.3 is 10.1 Å². The fraction of sp³-hybridized carbons (Fsp3) is 0.556. The molecule has 1 aliphatic rings. The molecule has 1 saturated heterocycles. The smallest absolute Gasteiger partial charge is 0.322 e. The molecule has 0 saturated carbocycles. The third-order valence-electron chi connectivity index (χ3n) is 2.49. The molecule has 5 heteroatoms. The zero-order valence-corrected chi connectivity index (χ0v) is 8.01. The number of methoxy groups -OCH3 is 1. The Hall–Kier alpha value is -1.36. The summed E-state index contributed by atoms with van der Waals surface area (Å²) in [5, 5.41) is 7.25. The molecule has 0 amide bonds. The Bertz CT molecular complexity index is 310. The molecule has 5 nitrogen and oxygen atoms in total. The summed E-state index contributed by atoms with van der Waals surface area (Å²) >= 11 is 0. The van der Waals surface area contributed by atoms with Gasteiger partial charge in [-0.1, -0.05) is 0 Å². The maximum atomic E-state index is 11.2. The molecule has 1 aromatic heterocycles. The van der Waals surface area contributed by atoms with Crippen molar-refractivity contribution in [2.75, 3.05) is 13.7 Å². The molecule has 0 aliphatic carbocycles. The van der Waals surface area contributed by atoms with Gasteiger partial charge in [-0.15, -0.1) is 0 Å². The molecular weight excluding hydrogens is 182 g/mol. The van der Waals surface area contributed by atoms with Gasteiger partial charge in [0, 0.05) is 18.9 Å². The quantitative estimate of drug-likeness (QED) is 0.673. The number of carbonyl (C=O) groups excluding carboxylic acids is 1. The first kappa shape index (κ1) is 9.21. The number of esters is 1. The summed E-state index contributed by atoms with van der Waals surface area (Å²) in [5.74, 6) is -0.195. The predicted octanol–water partition coefficient (Wildman–Crippen LogP) is -0.0409. The molecule has 1 aromatic rings. The van der Waals surface area contributed by atoms with E-state index in [4.69, 9.17) is 0 Å². The van der Waals surface area contributed by atoms with E-state index >= 15 is 0 Å². The lowest BCUT2D eigenvalue weighted by Gasteiger charge is -2.08. The summed E-state index contributed by atoms with van der Waals surface area (Å²) < 4.78 is 6.54. The van der Waals surface area contributed by atoms with Gasteiger partial charge in [0.25, 0.3) is 0 Å². The standard InChI is InChI=1S/C9H13N3O2/c1-14-9(13)8-5-7(6-10-8)12-4-2-3-11-12/h2-4,7-8,10H,5-6H2,1H3. The molecular formula is C9H13N3O2. The topological polar surface area (TPSA) is 56.2 Å². The maximum absolute atomic E-state index is 11.2. The van der Waals surface area contributed by atoms with E-state index in [1.54, 1.807) is 6.20 Å². The highest BCUT2D eigenvalue weighted by molar-refractivity contribution is 5.76. The second-order valence-corrected chi connectivity index (χ2v) is 3.36. The van der Waals surface area contributed by atoms with Crippen molar-refractivity contribution in [3.63, 3.8) is 0 Å². The number of nitrogens with one attached hydrogen (secondary N) is 1. The van der Waals surface area contributed by atoms with Crippen LogP contribution in [-0.4, -0.2) is 35.4 Å². The molecule has 2 unspecified atom stereocenters. The molecule has 76 valence electrons. The van der Waals surface area contributed by atoms with E-state index in [0.717, 1.165) is 13.0 Å². The van der Waals surface area contributed by atoms with Gasteiger partial charge in [-0.05, 0) is 12.5 Å². The van der Waals surface area contributed by atoms with Gasteiger partial charge in [0.2, 0.25) is 0 Å². The van der Waals surface area contributed by atoms with Crippen molar-refractivity contribution in [1.29, 1.82) is 0 Å². The molecule has 1 N–H and O–H groups in total. The Morgan fingerprint density at radius 3 is 3.21 bits per heavy atom. The number of aromatic nitrogens is 2. The van der Waals surface area contributed by atoms with Gasteiger partial charge in [-0.2, -0.15) is 5.10 Å². The number of nitrogens with zero attached hydrogens (tertiary/aromatic N) is 2. The minimum Gasteiger partial charge on any atom is -0.468 e. The molecule has 1 fully saturated rings. The molecule has 1 aliphatic heterocycles. The van der Waals surface area contributed by atoms with Crippen molar-refractivity contribution >= 4 is 5.97 Å². The normalized spacial score (nSPS) is 26.4. The molecule has 2 heterocycles. The maximum Gasteiger partial charge on any atom is 0.322 e. The first-order valence-corrected chi connectivity index (χ1v) is 4.61. The summed E-state index contributed by atoms with van der Waals surface area (Å²) in [4.78, 5) is 11.2. The van der Waals surface area contributed by atoms with E-state index < -0.39 is 0 Å². The summed E-state index contributed by atoms with van der Waals surface area (Å²) in [7, 11) is 1.41. The predicted molar refractivity (Wildman–Crippen MR) is 49.7 cm³/mol. The van der Waals surface area contributed by atoms with E-state index in [1.807, 2.05) is 16.9 Å². The van der Waals surface area contributed by atoms with E-state index in [9.17, 15) is 4.79 Å². The van der Waals surface area contributed by atoms with E-state index in [-0.39, 0.29) is 18.1 Å². The van der Waals surface area contributed by atoms with Gasteiger partial charge in [-0.3, -0.25) is 9.48 Å². The monoisotopic (exact) mass is 195 g/mol. The molecule has 0 bridgehead atoms. The first-order chi connectivity index (χ1) is 6.81. The van der Waals surface area contributed by atoms with Crippen LogP contribution in [0.3, 0.4) is 0 Å². The average molecular weight is 195 g/mol. The minimum atomic E-state index is -0.195. The number of hydrogen-bond acceptors (Lipinski definition) is 4. The average Bonchev–Trinajstić information content (AvgIpc) is 2.86. The number of rotatable bonds is 2. The van der Waals surface area contributed by atoms with E-state index in [1.165, 1.54) is 7.11 Å². The lowest BCUT2D eigenvalue weighted by molar-refractivity contribution is -0.142. The van der Waals surface area contributed by atoms with Gasteiger partial charge in [0.1, 0.15) is 6.04 Å². The van der Waals surface area contributed by atoms with Crippen LogP contribution in [0.1, 0.15) is 12.5 Å². The van der Waals surface area contributed by atoms with Crippen LogP contribution in [-0.2, 0) is 9.53 Å². The summed E-state index contributed by atoms with van der Waals surface area (Å²) in [6.07, 6.45) is 4.39. The number of hydrogen-bond donors (Lipinski definition) is 1. The van der Waals surface area contributed by atoms with Crippen LogP contribution in [0.25, 0.3) is 0 Å². The largest absolute Gasteiger partial charge is 0.468 e. The number of carbonyl (C=O) groups is 1. The van der Waals surface area contributed by atoms with Gasteiger partial charge >= 0.3 is 5.97 Å². The Labute approximate surface area is 82.0 Å². The van der Waals surface area contributed by atoms with Crippen LogP contribution < -0.4 is 5.32 Å². The van der Waals surface area contributed by atoms with Gasteiger partial charge in [0.15, 0.2) is 0 Å². The van der Waals surface area contributed by atoms with Crippen LogP contribution in [0.4, 0.5) is 0 Å². The second-order valence-electron chi connectivity index (χ2n) is 3.36. The van der Waals surface area contributed by atoms with Gasteiger partial charge in [0.05, 0.1) is 13.2 Å². The summed E-state index contributed by atoms with van der Waals surface area (Å²) in [5.41, 5.74) is 0. The molecule has 0 spiro atoms. The Morgan fingerprint density at radius 2 is 2.57 bits per heavy atom. The first-order valence-electron chi connectivity index (χ1n) is 4.61. The zero-order chi connectivity index (χ0) is 9.97. The molecule has 0 aromatic carbocycles. The SMILES string of the molecule is COC(=O)C1CC(n2cccn2)CN1. The zero-order valence-electron chi connectivity index (χ0n) is 8.01. The van der Waals surface area contributed by atoms with Crippen LogP contribution in [0, 0.1) is 0 Å². The third kappa shape index (κ3) is 1.63. The van der Waals surface area contributed by atoms with Gasteiger partial charge in [-0.25, -0.2) is 0 Å². The van der Waals surface area contributed by atoms with Crippen LogP contribution in [0.2, 0.25) is 0 Å². The molecule has 0 radical (unpaired) electrons. The Balaban J connectivity index is 1.98. The van der Waals surface area contributed by atoms with Crippen LogP contribution in [0.15, 0.2) is 18.5 Å². The minimum absolute atomic E-state index is 0.186. The molecule has 14 heavy (non-hydrogen) atoms. The second kappa shape index (κ2) is 3.79. The van der Waals surface area contributed by atoms with Crippen molar-refractivity contribution in [3.8, 4) is 0 Å². The van der Waals surface area contributed by atoms with Crippen molar-refractivity contribution in [2.24, 2.45) is 0 Å². The summed E-state index contributed by atoms with van der Waals surface area (Å²) in [6.45, 7) is 0.765. The summed E-state index contributed by atoms with van der Waals surface area (Å²) in [6, 6.07) is 1.95. The molecule has 2 atom stereocenters. The highest BCUT2D eigenvalue weighted by Gasteiger charge is 2.31. The molecule has 2 rings (SSSR count). The highest BCUT2D eigenvalue weighted by atomic mass is 16.5. The lowest BCUT2D eigenvalue weighted by Crippen LogP contribution is -2.31. The fourth-order valence-corrected chi connectivity index (χ4v) is 1.74.